The number of methoxy groups -OCH3 is 1. The van der Waals surface area contributed by atoms with Crippen LogP contribution in [0.4, 0.5) is 10.1 Å². The summed E-state index contributed by atoms with van der Waals surface area (Å²) in [6, 6.07) is 20.5. The van der Waals surface area contributed by atoms with E-state index < -0.39 is 0 Å². The Morgan fingerprint density at radius 2 is 1.68 bits per heavy atom. The number of hydrogen-bond donors (Lipinski definition) is 1. The topological polar surface area (TPSA) is 76.5 Å². The smallest absolute Gasteiger partial charge is 0.309 e. The van der Waals surface area contributed by atoms with Crippen LogP contribution in [-0.4, -0.2) is 46.8 Å². The lowest BCUT2D eigenvalue weighted by atomic mass is 9.88. The summed E-state index contributed by atoms with van der Waals surface area (Å²) in [7, 11) is 1.41. The van der Waals surface area contributed by atoms with E-state index in [4.69, 9.17) is 4.74 Å². The third-order valence-electron chi connectivity index (χ3n) is 8.38. The molecule has 1 saturated heterocycles. The number of aromatic nitrogens is 2. The van der Waals surface area contributed by atoms with Crippen LogP contribution < -0.4 is 5.32 Å². The summed E-state index contributed by atoms with van der Waals surface area (Å²) in [5, 5.41) is 7.63. The van der Waals surface area contributed by atoms with Gasteiger partial charge in [-0.15, -0.1) is 0 Å². The van der Waals surface area contributed by atoms with Gasteiger partial charge in [0, 0.05) is 17.8 Å². The van der Waals surface area contributed by atoms with Gasteiger partial charge in [0.2, 0.25) is 0 Å². The van der Waals surface area contributed by atoms with Gasteiger partial charge < -0.3 is 10.1 Å². The van der Waals surface area contributed by atoms with Crippen molar-refractivity contribution in [1.29, 1.82) is 0 Å². The molecule has 1 aliphatic rings. The molecule has 1 aliphatic heterocycles. The van der Waals surface area contributed by atoms with Crippen LogP contribution in [0.5, 0.6) is 0 Å². The van der Waals surface area contributed by atoms with Crippen molar-refractivity contribution in [2.24, 2.45) is 0 Å². The molecule has 230 valence electrons. The average Bonchev–Trinajstić information content (AvgIpc) is 3.46. The molecule has 0 radical (unpaired) electrons. The van der Waals surface area contributed by atoms with Gasteiger partial charge >= 0.3 is 5.97 Å². The number of carbonyl (C=O) groups excluding carboxylic acids is 2. The van der Waals surface area contributed by atoms with Gasteiger partial charge in [-0.2, -0.15) is 5.10 Å². The minimum atomic E-state index is -0.374. The number of aryl methyl sites for hydroxylation is 1. The fourth-order valence-electron chi connectivity index (χ4n) is 5.84. The number of hydrogen-bond acceptors (Lipinski definition) is 5. The molecular weight excluding hydrogens is 555 g/mol. The quantitative estimate of drug-likeness (QED) is 0.220. The molecule has 0 aliphatic carbocycles. The number of nitrogens with one attached hydrogen (secondary N) is 1. The van der Waals surface area contributed by atoms with Crippen LogP contribution >= 0.6 is 0 Å². The van der Waals surface area contributed by atoms with E-state index in [9.17, 15) is 14.0 Å². The molecule has 0 saturated carbocycles. The van der Waals surface area contributed by atoms with E-state index in [-0.39, 0.29) is 23.2 Å². The van der Waals surface area contributed by atoms with Crippen LogP contribution in [0.1, 0.15) is 72.1 Å². The van der Waals surface area contributed by atoms with Crippen LogP contribution in [0, 0.1) is 12.7 Å². The van der Waals surface area contributed by atoms with E-state index in [2.05, 4.69) is 40.4 Å². The van der Waals surface area contributed by atoms with Crippen molar-refractivity contribution >= 4 is 17.6 Å². The summed E-state index contributed by atoms with van der Waals surface area (Å²) in [4.78, 5) is 27.6. The van der Waals surface area contributed by atoms with Crippen molar-refractivity contribution in [2.75, 3.05) is 25.5 Å². The van der Waals surface area contributed by atoms with Gasteiger partial charge in [0.1, 0.15) is 5.82 Å². The standard InChI is InChI=1S/C36H41FN4O3/c1-24-6-15-31(39-35(43)32-22-38-41(36(2,3)4)34(32)28-11-13-30(37)14-12-28)21-29(24)23-40-18-16-27(17-19-40)26-9-7-25(8-10-26)20-33(42)44-5/h6-15,21-22,27H,16-20,23H2,1-5H3,(H,39,43). The highest BCUT2D eigenvalue weighted by Gasteiger charge is 2.26. The number of esters is 1. The molecule has 44 heavy (non-hydrogen) atoms. The second-order valence-corrected chi connectivity index (χ2v) is 12.6. The second-order valence-electron chi connectivity index (χ2n) is 12.6. The first kappa shape index (κ1) is 31.1. The van der Waals surface area contributed by atoms with Gasteiger partial charge in [0.25, 0.3) is 5.91 Å². The Balaban J connectivity index is 1.25. The first-order chi connectivity index (χ1) is 21.0. The largest absolute Gasteiger partial charge is 0.469 e. The molecule has 2 heterocycles. The lowest BCUT2D eigenvalue weighted by Gasteiger charge is -2.32. The van der Waals surface area contributed by atoms with Gasteiger partial charge in [-0.1, -0.05) is 30.3 Å². The number of ether oxygens (including phenoxy) is 1. The molecule has 7 nitrogen and oxygen atoms in total. The number of anilines is 1. The minimum absolute atomic E-state index is 0.226. The maximum Gasteiger partial charge on any atom is 0.309 e. The summed E-state index contributed by atoms with van der Waals surface area (Å²) in [5.41, 5.74) is 6.82. The molecule has 0 spiro atoms. The fourth-order valence-corrected chi connectivity index (χ4v) is 5.84. The predicted octanol–water partition coefficient (Wildman–Crippen LogP) is 7.10. The Kier molecular flexibility index (Phi) is 9.30. The van der Waals surface area contributed by atoms with E-state index >= 15 is 0 Å². The third kappa shape index (κ3) is 7.25. The number of amides is 1. The van der Waals surface area contributed by atoms with Gasteiger partial charge in [-0.3, -0.25) is 19.2 Å². The lowest BCUT2D eigenvalue weighted by Crippen LogP contribution is -2.32. The number of likely N-dealkylation sites (tertiary alicyclic amines) is 1. The molecule has 5 rings (SSSR count). The molecule has 1 N–H and O–H groups in total. The van der Waals surface area contributed by atoms with Crippen LogP contribution in [0.15, 0.2) is 72.9 Å². The zero-order valence-electron chi connectivity index (χ0n) is 26.2. The van der Waals surface area contributed by atoms with Crippen LogP contribution in [0.3, 0.4) is 0 Å². The Bertz CT molecular complexity index is 1610. The molecule has 3 aromatic carbocycles. The molecule has 4 aromatic rings. The highest BCUT2D eigenvalue weighted by atomic mass is 19.1. The monoisotopic (exact) mass is 596 g/mol. The predicted molar refractivity (Wildman–Crippen MR) is 171 cm³/mol. The normalized spacial score (nSPS) is 14.4. The maximum absolute atomic E-state index is 13.7. The fraction of sp³-hybridized carbons (Fsp3) is 0.361. The lowest BCUT2D eigenvalue weighted by molar-refractivity contribution is -0.139. The molecule has 0 bridgehead atoms. The molecule has 1 amide bonds. The first-order valence-electron chi connectivity index (χ1n) is 15.1. The van der Waals surface area contributed by atoms with Crippen molar-refractivity contribution in [1.82, 2.24) is 14.7 Å². The van der Waals surface area contributed by atoms with E-state index in [1.54, 1.807) is 18.3 Å². The Labute approximate surface area is 259 Å². The van der Waals surface area contributed by atoms with Crippen molar-refractivity contribution < 1.29 is 18.7 Å². The number of rotatable bonds is 8. The third-order valence-corrected chi connectivity index (χ3v) is 8.38. The zero-order valence-corrected chi connectivity index (χ0v) is 26.2. The highest BCUT2D eigenvalue weighted by Crippen LogP contribution is 2.31. The maximum atomic E-state index is 13.7. The van der Waals surface area contributed by atoms with Crippen LogP contribution in [-0.2, 0) is 28.0 Å². The number of benzene rings is 3. The number of nitrogens with zero attached hydrogens (tertiary/aromatic N) is 3. The van der Waals surface area contributed by atoms with Gasteiger partial charge in [0.05, 0.1) is 36.5 Å². The van der Waals surface area contributed by atoms with Gasteiger partial charge in [-0.25, -0.2) is 4.39 Å². The van der Waals surface area contributed by atoms with Crippen LogP contribution in [0.25, 0.3) is 11.3 Å². The Morgan fingerprint density at radius 1 is 1.00 bits per heavy atom. The molecular formula is C36H41FN4O3. The summed E-state index contributed by atoms with van der Waals surface area (Å²) in [6.45, 7) is 10.9. The van der Waals surface area contributed by atoms with E-state index in [1.165, 1.54) is 35.9 Å². The second kappa shape index (κ2) is 13.1. The van der Waals surface area contributed by atoms with Gasteiger partial charge in [0.15, 0.2) is 0 Å². The van der Waals surface area contributed by atoms with E-state index in [0.717, 1.165) is 49.3 Å². The molecule has 0 unspecified atom stereocenters. The number of halogens is 1. The molecule has 0 atom stereocenters. The summed E-state index contributed by atoms with van der Waals surface area (Å²) in [5.74, 6) is -0.317. The Hall–Kier alpha value is -4.30. The Morgan fingerprint density at radius 3 is 2.32 bits per heavy atom. The molecule has 1 aromatic heterocycles. The summed E-state index contributed by atoms with van der Waals surface area (Å²) < 4.78 is 20.3. The van der Waals surface area contributed by atoms with Gasteiger partial charge in [-0.05, 0) is 118 Å². The zero-order chi connectivity index (χ0) is 31.4. The SMILES string of the molecule is COC(=O)Cc1ccc(C2CCN(Cc3cc(NC(=O)c4cnn(C(C)(C)C)c4-c4ccc(F)cc4)ccc3C)CC2)cc1. The van der Waals surface area contributed by atoms with E-state index in [1.807, 2.05) is 49.7 Å². The van der Waals surface area contributed by atoms with Crippen molar-refractivity contribution in [2.45, 2.75) is 65.0 Å². The molecule has 1 fully saturated rings. The summed E-state index contributed by atoms with van der Waals surface area (Å²) >= 11 is 0. The first-order valence-corrected chi connectivity index (χ1v) is 15.1. The van der Waals surface area contributed by atoms with Crippen LogP contribution in [0.2, 0.25) is 0 Å². The average molecular weight is 597 g/mol. The number of carbonyl (C=O) groups is 2. The highest BCUT2D eigenvalue weighted by molar-refractivity contribution is 6.08. The van der Waals surface area contributed by atoms with Crippen molar-refractivity contribution in [3.8, 4) is 11.3 Å². The minimum Gasteiger partial charge on any atom is -0.469 e. The number of piperidine rings is 1. The van der Waals surface area contributed by atoms with Crippen molar-refractivity contribution in [3.05, 3.63) is 107 Å². The summed E-state index contributed by atoms with van der Waals surface area (Å²) in [6.07, 6.45) is 4.01. The molecule has 8 heteroatoms. The van der Waals surface area contributed by atoms with E-state index in [0.29, 0.717) is 23.6 Å². The van der Waals surface area contributed by atoms with Crippen molar-refractivity contribution in [3.63, 3.8) is 0 Å².